The second-order valence-electron chi connectivity index (χ2n) is 6.36. The van der Waals surface area contributed by atoms with E-state index in [0.717, 1.165) is 11.3 Å². The highest BCUT2D eigenvalue weighted by molar-refractivity contribution is 7.08. The number of para-hydroxylation sites is 1. The number of nitrogens with one attached hydrogen (secondary N) is 2. The molecule has 0 unspecified atom stereocenters. The summed E-state index contributed by atoms with van der Waals surface area (Å²) in [6, 6.07) is 9.57. The predicted molar refractivity (Wildman–Crippen MR) is 95.0 cm³/mol. The minimum atomic E-state index is -0.144. The summed E-state index contributed by atoms with van der Waals surface area (Å²) in [5.74, 6) is -0.249. The SMILES string of the molecule is CC(C)(C)c1ccccc1NC(=O)CCNC(=O)c1ccsc1. The number of rotatable bonds is 5. The zero-order valence-corrected chi connectivity index (χ0v) is 14.5. The molecule has 0 aliphatic heterocycles. The molecule has 1 aromatic carbocycles. The van der Waals surface area contributed by atoms with E-state index in [1.807, 2.05) is 29.6 Å². The van der Waals surface area contributed by atoms with Crippen LogP contribution in [0.3, 0.4) is 0 Å². The first-order valence-corrected chi connectivity index (χ1v) is 8.52. The highest BCUT2D eigenvalue weighted by Gasteiger charge is 2.18. The molecule has 0 radical (unpaired) electrons. The molecule has 0 aliphatic carbocycles. The molecule has 0 atom stereocenters. The maximum Gasteiger partial charge on any atom is 0.252 e. The first kappa shape index (κ1) is 17.2. The van der Waals surface area contributed by atoms with Gasteiger partial charge in [0.25, 0.3) is 5.91 Å². The quantitative estimate of drug-likeness (QED) is 0.876. The maximum atomic E-state index is 12.1. The van der Waals surface area contributed by atoms with Gasteiger partial charge in [-0.05, 0) is 28.5 Å². The Morgan fingerprint density at radius 3 is 2.52 bits per heavy atom. The molecule has 0 saturated carbocycles. The van der Waals surface area contributed by atoms with Gasteiger partial charge in [-0.2, -0.15) is 11.3 Å². The van der Waals surface area contributed by atoms with Gasteiger partial charge < -0.3 is 10.6 Å². The summed E-state index contributed by atoms with van der Waals surface area (Å²) in [6.07, 6.45) is 0.244. The highest BCUT2D eigenvalue weighted by atomic mass is 32.1. The number of anilines is 1. The molecule has 2 aromatic rings. The summed E-state index contributed by atoms with van der Waals surface area (Å²) in [5, 5.41) is 9.33. The molecule has 0 spiro atoms. The third kappa shape index (κ3) is 4.93. The molecule has 23 heavy (non-hydrogen) atoms. The Hall–Kier alpha value is -2.14. The number of carbonyl (C=O) groups excluding carboxylic acids is 2. The average molecular weight is 330 g/mol. The van der Waals surface area contributed by atoms with Gasteiger partial charge in [0.2, 0.25) is 5.91 Å². The Balaban J connectivity index is 1.87. The molecule has 2 amide bonds. The van der Waals surface area contributed by atoms with Crippen LogP contribution in [0.5, 0.6) is 0 Å². The smallest absolute Gasteiger partial charge is 0.252 e. The van der Waals surface area contributed by atoms with E-state index in [2.05, 4.69) is 31.4 Å². The van der Waals surface area contributed by atoms with Crippen molar-refractivity contribution in [2.45, 2.75) is 32.6 Å². The van der Waals surface area contributed by atoms with Crippen molar-refractivity contribution in [3.63, 3.8) is 0 Å². The summed E-state index contributed by atoms with van der Waals surface area (Å²) < 4.78 is 0. The Bertz CT molecular complexity index is 673. The van der Waals surface area contributed by atoms with Crippen LogP contribution in [0.15, 0.2) is 41.1 Å². The van der Waals surface area contributed by atoms with Crippen molar-refractivity contribution in [2.75, 3.05) is 11.9 Å². The number of thiophene rings is 1. The second-order valence-corrected chi connectivity index (χ2v) is 7.14. The van der Waals surface area contributed by atoms with Crippen molar-refractivity contribution in [1.82, 2.24) is 5.32 Å². The summed E-state index contributed by atoms with van der Waals surface area (Å²) in [5.41, 5.74) is 2.51. The maximum absolute atomic E-state index is 12.1. The highest BCUT2D eigenvalue weighted by Crippen LogP contribution is 2.29. The lowest BCUT2D eigenvalue weighted by Gasteiger charge is -2.23. The lowest BCUT2D eigenvalue weighted by molar-refractivity contribution is -0.116. The van der Waals surface area contributed by atoms with Crippen LogP contribution in [-0.4, -0.2) is 18.4 Å². The molecule has 1 aromatic heterocycles. The predicted octanol–water partition coefficient (Wildman–Crippen LogP) is 3.80. The topological polar surface area (TPSA) is 58.2 Å². The minimum absolute atomic E-state index is 0.0446. The summed E-state index contributed by atoms with van der Waals surface area (Å²) >= 11 is 1.47. The van der Waals surface area contributed by atoms with Crippen LogP contribution in [0, 0.1) is 0 Å². The molecule has 0 saturated heterocycles. The average Bonchev–Trinajstić information content (AvgIpc) is 3.01. The van der Waals surface area contributed by atoms with Gasteiger partial charge in [-0.25, -0.2) is 0 Å². The Kier molecular flexibility index (Phi) is 5.55. The number of amides is 2. The lowest BCUT2D eigenvalue weighted by atomic mass is 9.86. The molecule has 0 bridgehead atoms. The van der Waals surface area contributed by atoms with E-state index >= 15 is 0 Å². The van der Waals surface area contributed by atoms with Gasteiger partial charge in [-0.3, -0.25) is 9.59 Å². The van der Waals surface area contributed by atoms with Crippen molar-refractivity contribution >= 4 is 28.8 Å². The Labute approximate surface area is 140 Å². The van der Waals surface area contributed by atoms with Gasteiger partial charge in [-0.15, -0.1) is 0 Å². The van der Waals surface area contributed by atoms with E-state index in [4.69, 9.17) is 0 Å². The van der Waals surface area contributed by atoms with E-state index < -0.39 is 0 Å². The first-order valence-electron chi connectivity index (χ1n) is 7.57. The fourth-order valence-electron chi connectivity index (χ4n) is 2.24. The van der Waals surface area contributed by atoms with Crippen LogP contribution in [0.4, 0.5) is 5.69 Å². The third-order valence-electron chi connectivity index (χ3n) is 3.43. The van der Waals surface area contributed by atoms with Crippen LogP contribution in [0.2, 0.25) is 0 Å². The number of benzene rings is 1. The minimum Gasteiger partial charge on any atom is -0.351 e. The Morgan fingerprint density at radius 2 is 1.87 bits per heavy atom. The van der Waals surface area contributed by atoms with E-state index in [9.17, 15) is 9.59 Å². The first-order chi connectivity index (χ1) is 10.9. The molecule has 5 heteroatoms. The molecular weight excluding hydrogens is 308 g/mol. The number of hydrogen-bond donors (Lipinski definition) is 2. The molecule has 0 fully saturated rings. The molecule has 1 heterocycles. The summed E-state index contributed by atoms with van der Waals surface area (Å²) in [4.78, 5) is 23.9. The van der Waals surface area contributed by atoms with E-state index in [1.165, 1.54) is 11.3 Å². The van der Waals surface area contributed by atoms with E-state index in [0.29, 0.717) is 12.1 Å². The zero-order valence-electron chi connectivity index (χ0n) is 13.7. The van der Waals surface area contributed by atoms with Crippen LogP contribution in [0.1, 0.15) is 43.1 Å². The summed E-state index contributed by atoms with van der Waals surface area (Å²) in [6.45, 7) is 6.65. The summed E-state index contributed by atoms with van der Waals surface area (Å²) in [7, 11) is 0. The monoisotopic (exact) mass is 330 g/mol. The zero-order chi connectivity index (χ0) is 16.9. The Morgan fingerprint density at radius 1 is 1.13 bits per heavy atom. The molecule has 122 valence electrons. The molecular formula is C18H22N2O2S. The fraction of sp³-hybridized carbons (Fsp3) is 0.333. The number of hydrogen-bond acceptors (Lipinski definition) is 3. The third-order valence-corrected chi connectivity index (χ3v) is 4.11. The number of carbonyl (C=O) groups is 2. The van der Waals surface area contributed by atoms with Crippen molar-refractivity contribution < 1.29 is 9.59 Å². The standard InChI is InChI=1S/C18H22N2O2S/c1-18(2,3)14-6-4-5-7-15(14)20-16(21)8-10-19-17(22)13-9-11-23-12-13/h4-7,9,11-12H,8,10H2,1-3H3,(H,19,22)(H,20,21). The van der Waals surface area contributed by atoms with Crippen molar-refractivity contribution in [3.8, 4) is 0 Å². The fourth-order valence-corrected chi connectivity index (χ4v) is 2.88. The van der Waals surface area contributed by atoms with Gasteiger partial charge in [0.05, 0.1) is 0 Å². The molecule has 0 aliphatic rings. The van der Waals surface area contributed by atoms with Crippen LogP contribution < -0.4 is 10.6 Å². The largest absolute Gasteiger partial charge is 0.351 e. The lowest BCUT2D eigenvalue weighted by Crippen LogP contribution is -2.27. The van der Waals surface area contributed by atoms with Crippen molar-refractivity contribution in [1.29, 1.82) is 0 Å². The van der Waals surface area contributed by atoms with Gasteiger partial charge >= 0.3 is 0 Å². The van der Waals surface area contributed by atoms with Gasteiger partial charge in [0.15, 0.2) is 0 Å². The van der Waals surface area contributed by atoms with Gasteiger partial charge in [-0.1, -0.05) is 39.0 Å². The van der Waals surface area contributed by atoms with Crippen molar-refractivity contribution in [2.24, 2.45) is 0 Å². The molecule has 2 N–H and O–H groups in total. The van der Waals surface area contributed by atoms with Gasteiger partial charge in [0, 0.05) is 29.6 Å². The van der Waals surface area contributed by atoms with Gasteiger partial charge in [0.1, 0.15) is 0 Å². The van der Waals surface area contributed by atoms with Crippen LogP contribution in [-0.2, 0) is 10.2 Å². The molecule has 2 rings (SSSR count). The van der Waals surface area contributed by atoms with E-state index in [-0.39, 0.29) is 23.7 Å². The molecule has 4 nitrogen and oxygen atoms in total. The second kappa shape index (κ2) is 7.42. The van der Waals surface area contributed by atoms with Crippen molar-refractivity contribution in [3.05, 3.63) is 52.2 Å². The van der Waals surface area contributed by atoms with E-state index in [1.54, 1.807) is 11.4 Å². The van der Waals surface area contributed by atoms with Crippen LogP contribution in [0.25, 0.3) is 0 Å². The van der Waals surface area contributed by atoms with Crippen LogP contribution >= 0.6 is 11.3 Å². The normalized spacial score (nSPS) is 11.1.